The summed E-state index contributed by atoms with van der Waals surface area (Å²) in [5.41, 5.74) is 6.35. The molecule has 12 heteroatoms. The third kappa shape index (κ3) is 6.25. The lowest BCUT2D eigenvalue weighted by atomic mass is 10.0. The van der Waals surface area contributed by atoms with Gasteiger partial charge in [-0.3, -0.25) is 0 Å². The van der Waals surface area contributed by atoms with Gasteiger partial charge >= 0.3 is 0 Å². The van der Waals surface area contributed by atoms with Crippen molar-refractivity contribution in [3.05, 3.63) is 63.2 Å². The van der Waals surface area contributed by atoms with Gasteiger partial charge in [0.15, 0.2) is 23.0 Å². The molecule has 1 aromatic carbocycles. The number of benzene rings is 1. The highest BCUT2D eigenvalue weighted by Gasteiger charge is 2.55. The van der Waals surface area contributed by atoms with E-state index in [-0.39, 0.29) is 41.6 Å². The minimum Gasteiger partial charge on any atom is -0.503 e. The van der Waals surface area contributed by atoms with Crippen molar-refractivity contribution in [1.29, 1.82) is 0 Å². The molecule has 0 radical (unpaired) electrons. The molecule has 1 saturated carbocycles. The standard InChI is InChI=1S/C43H46O8S4/c1-18(2)50-26-13-11-12-25(46-9)29(26)41-34-35(49-17-16-48-34)43(55-41)39-23(8)21(6)37(53-39)36-20(5)22(7)38(52-36)42-32(45)31(44)40(54-42)30-27(51-19(3)4)15-14-24-28(30)33(24)47-10/h11-15,18-19,24,28,33,44-45H,16-17H2,1-10H3. The van der Waals surface area contributed by atoms with E-state index < -0.39 is 0 Å². The van der Waals surface area contributed by atoms with E-state index in [2.05, 4.69) is 33.8 Å². The maximum absolute atomic E-state index is 11.6. The molecule has 3 atom stereocenters. The van der Waals surface area contributed by atoms with Gasteiger partial charge in [-0.2, -0.15) is 0 Å². The Bertz CT molecular complexity index is 2370. The maximum atomic E-state index is 11.6. The summed E-state index contributed by atoms with van der Waals surface area (Å²) >= 11 is 6.46. The normalized spacial score (nSPS) is 18.7. The topological polar surface area (TPSA) is 95.8 Å². The smallest absolute Gasteiger partial charge is 0.181 e. The number of methoxy groups -OCH3 is 2. The van der Waals surface area contributed by atoms with Crippen LogP contribution in [0.1, 0.15) is 54.8 Å². The molecule has 0 bridgehead atoms. The summed E-state index contributed by atoms with van der Waals surface area (Å²) in [5.74, 6) is 3.70. The average Bonchev–Trinajstić information content (AvgIpc) is 3.27. The summed E-state index contributed by atoms with van der Waals surface area (Å²) in [4.78, 5) is 7.61. The van der Waals surface area contributed by atoms with Crippen molar-refractivity contribution >= 4 is 50.9 Å². The van der Waals surface area contributed by atoms with Crippen LogP contribution < -0.4 is 18.9 Å². The number of fused-ring (bicyclic) bond motifs is 2. The number of hydrogen-bond donors (Lipinski definition) is 2. The SMILES string of the molecule is COc1cccc(OC(C)C)c1-c1sc(-c2sc(-c3sc(-c4sc(C5=C(OC(C)C)C=CC6C(OC)C56)c(O)c4O)c(C)c3C)c(C)c2C)c2c1OCCO2. The molecule has 1 fully saturated rings. The zero-order chi connectivity index (χ0) is 39.0. The Morgan fingerprint density at radius 3 is 1.75 bits per heavy atom. The summed E-state index contributed by atoms with van der Waals surface area (Å²) in [6.07, 6.45) is 4.06. The summed E-state index contributed by atoms with van der Waals surface area (Å²) < 4.78 is 36.9. The monoisotopic (exact) mass is 818 g/mol. The van der Waals surface area contributed by atoms with E-state index in [1.54, 1.807) is 48.2 Å². The number of aromatic hydroxyl groups is 2. The zero-order valence-electron chi connectivity index (χ0n) is 32.7. The van der Waals surface area contributed by atoms with Crippen molar-refractivity contribution in [3.8, 4) is 74.2 Å². The van der Waals surface area contributed by atoms with Crippen LogP contribution in [0.3, 0.4) is 0 Å². The molecule has 2 N–H and O–H groups in total. The summed E-state index contributed by atoms with van der Waals surface area (Å²) in [6.45, 7) is 17.5. The van der Waals surface area contributed by atoms with Gasteiger partial charge in [0.25, 0.3) is 0 Å². The van der Waals surface area contributed by atoms with E-state index in [1.807, 2.05) is 52.0 Å². The quantitative estimate of drug-likeness (QED) is 0.136. The Kier molecular flexibility index (Phi) is 10.0. The molecular weight excluding hydrogens is 773 g/mol. The summed E-state index contributed by atoms with van der Waals surface area (Å²) in [6, 6.07) is 5.86. The molecule has 4 aromatic heterocycles. The van der Waals surface area contributed by atoms with E-state index in [1.165, 1.54) is 27.3 Å². The Hall–Kier alpha value is -3.94. The van der Waals surface area contributed by atoms with Crippen LogP contribution in [0.25, 0.3) is 45.3 Å². The third-order valence-electron chi connectivity index (χ3n) is 10.5. The largest absolute Gasteiger partial charge is 0.503 e. The highest BCUT2D eigenvalue weighted by molar-refractivity contribution is 7.30. The molecule has 0 saturated heterocycles. The summed E-state index contributed by atoms with van der Waals surface area (Å²) in [7, 11) is 3.40. The maximum Gasteiger partial charge on any atom is 0.181 e. The fourth-order valence-electron chi connectivity index (χ4n) is 7.60. The Labute approximate surface area is 338 Å². The Balaban J connectivity index is 1.22. The van der Waals surface area contributed by atoms with Crippen molar-refractivity contribution < 1.29 is 38.6 Å². The highest BCUT2D eigenvalue weighted by atomic mass is 32.1. The van der Waals surface area contributed by atoms with Crippen molar-refractivity contribution in [3.63, 3.8) is 0 Å². The molecule has 290 valence electrons. The molecule has 5 heterocycles. The molecule has 8 nitrogen and oxygen atoms in total. The van der Waals surface area contributed by atoms with Crippen LogP contribution in [-0.4, -0.2) is 56.0 Å². The molecule has 5 aromatic rings. The van der Waals surface area contributed by atoms with Gasteiger partial charge < -0.3 is 38.6 Å². The van der Waals surface area contributed by atoms with Crippen LogP contribution in [0.2, 0.25) is 0 Å². The first-order chi connectivity index (χ1) is 26.4. The predicted octanol–water partition coefficient (Wildman–Crippen LogP) is 11.8. The first-order valence-corrected chi connectivity index (χ1v) is 21.8. The van der Waals surface area contributed by atoms with Crippen LogP contribution >= 0.6 is 45.3 Å². The van der Waals surface area contributed by atoms with E-state index in [4.69, 9.17) is 28.4 Å². The Morgan fingerprint density at radius 2 is 1.16 bits per heavy atom. The van der Waals surface area contributed by atoms with Crippen molar-refractivity contribution in [2.24, 2.45) is 11.8 Å². The minimum absolute atomic E-state index is 0.00954. The average molecular weight is 819 g/mol. The number of ether oxygens (including phenoxy) is 6. The number of allylic oxidation sites excluding steroid dienone is 1. The van der Waals surface area contributed by atoms with Crippen LogP contribution in [0.5, 0.6) is 34.5 Å². The lowest BCUT2D eigenvalue weighted by Gasteiger charge is -2.20. The van der Waals surface area contributed by atoms with Crippen molar-refractivity contribution in [1.82, 2.24) is 0 Å². The van der Waals surface area contributed by atoms with Crippen LogP contribution in [0.15, 0.2) is 36.1 Å². The number of hydrogen-bond acceptors (Lipinski definition) is 12. The van der Waals surface area contributed by atoms with Crippen molar-refractivity contribution in [2.45, 2.75) is 73.7 Å². The second kappa shape index (κ2) is 14.5. The molecule has 1 aliphatic heterocycles. The van der Waals surface area contributed by atoms with Gasteiger partial charge in [0, 0.05) is 34.3 Å². The van der Waals surface area contributed by atoms with Gasteiger partial charge in [-0.25, -0.2) is 0 Å². The molecule has 2 aliphatic carbocycles. The second-order valence-electron chi connectivity index (χ2n) is 14.7. The van der Waals surface area contributed by atoms with Crippen LogP contribution in [-0.2, 0) is 9.47 Å². The van der Waals surface area contributed by atoms with Gasteiger partial charge in [0.05, 0.1) is 60.2 Å². The molecule has 0 amide bonds. The van der Waals surface area contributed by atoms with E-state index in [0.717, 1.165) is 63.9 Å². The molecule has 0 spiro atoms. The van der Waals surface area contributed by atoms with E-state index >= 15 is 0 Å². The minimum atomic E-state index is -0.106. The van der Waals surface area contributed by atoms with Gasteiger partial charge in [0.2, 0.25) is 0 Å². The van der Waals surface area contributed by atoms with Crippen LogP contribution in [0.4, 0.5) is 0 Å². The van der Waals surface area contributed by atoms with Crippen molar-refractivity contribution in [2.75, 3.05) is 27.4 Å². The second-order valence-corrected chi connectivity index (χ2v) is 18.8. The van der Waals surface area contributed by atoms with E-state index in [0.29, 0.717) is 34.5 Å². The predicted molar refractivity (Wildman–Crippen MR) is 225 cm³/mol. The first kappa shape index (κ1) is 38.0. The van der Waals surface area contributed by atoms with Gasteiger partial charge in [-0.15, -0.1) is 45.3 Å². The van der Waals surface area contributed by atoms with Crippen LogP contribution in [0, 0.1) is 39.5 Å². The van der Waals surface area contributed by atoms with Gasteiger partial charge in [-0.05, 0) is 95.9 Å². The Morgan fingerprint density at radius 1 is 0.655 bits per heavy atom. The molecular formula is C43H46O8S4. The molecule has 3 aliphatic rings. The molecule has 8 rings (SSSR count). The molecule has 3 unspecified atom stereocenters. The van der Waals surface area contributed by atoms with E-state index in [9.17, 15) is 10.2 Å². The fourth-order valence-corrected chi connectivity index (χ4v) is 13.3. The lowest BCUT2D eigenvalue weighted by Crippen LogP contribution is -2.15. The first-order valence-electron chi connectivity index (χ1n) is 18.5. The number of rotatable bonds is 11. The highest BCUT2D eigenvalue weighted by Crippen LogP contribution is 2.63. The fraction of sp³-hybridized carbons (Fsp3) is 0.395. The lowest BCUT2D eigenvalue weighted by molar-refractivity contribution is 0.156. The zero-order valence-corrected chi connectivity index (χ0v) is 35.9. The summed E-state index contributed by atoms with van der Waals surface area (Å²) in [5, 5.41) is 23.1. The molecule has 55 heavy (non-hydrogen) atoms. The van der Waals surface area contributed by atoms with Gasteiger partial charge in [-0.1, -0.05) is 12.1 Å². The third-order valence-corrected chi connectivity index (χ3v) is 16.2. The number of thiophene rings is 4. The van der Waals surface area contributed by atoms with Gasteiger partial charge in [0.1, 0.15) is 30.5 Å².